The van der Waals surface area contributed by atoms with Crippen molar-refractivity contribution in [3.63, 3.8) is 0 Å². The number of ketones is 1. The van der Waals surface area contributed by atoms with Crippen LogP contribution >= 0.6 is 23.1 Å². The average Bonchev–Trinajstić information content (AvgIpc) is 2.99. The lowest BCUT2D eigenvalue weighted by atomic mass is 10.2. The summed E-state index contributed by atoms with van der Waals surface area (Å²) in [6.07, 6.45) is 0. The van der Waals surface area contributed by atoms with Crippen LogP contribution in [0.5, 0.6) is 0 Å². The number of thioether (sulfide) groups is 1. The Kier molecular flexibility index (Phi) is 4.29. The molecule has 2 aromatic heterocycles. The van der Waals surface area contributed by atoms with E-state index in [2.05, 4.69) is 4.98 Å². The molecule has 0 amide bonds. The SMILES string of the molecule is Cn1c(N)c(C(=O)CSc2nc3ccccc3s2)c(=O)n(C)c1=O. The molecular formula is C15H14N4O3S2. The van der Waals surface area contributed by atoms with Crippen LogP contribution < -0.4 is 17.0 Å². The van der Waals surface area contributed by atoms with Crippen LogP contribution in [0.3, 0.4) is 0 Å². The number of rotatable bonds is 4. The first-order valence-corrected chi connectivity index (χ1v) is 8.77. The van der Waals surface area contributed by atoms with Gasteiger partial charge in [0.1, 0.15) is 11.4 Å². The first-order valence-electron chi connectivity index (χ1n) is 6.97. The predicted molar refractivity (Wildman–Crippen MR) is 96.0 cm³/mol. The van der Waals surface area contributed by atoms with Gasteiger partial charge in [-0.3, -0.25) is 18.7 Å². The van der Waals surface area contributed by atoms with E-state index in [1.54, 1.807) is 0 Å². The van der Waals surface area contributed by atoms with Crippen LogP contribution in [0.2, 0.25) is 0 Å². The van der Waals surface area contributed by atoms with E-state index in [0.717, 1.165) is 23.7 Å². The van der Waals surface area contributed by atoms with Gasteiger partial charge in [0.15, 0.2) is 10.1 Å². The molecule has 0 atom stereocenters. The van der Waals surface area contributed by atoms with Gasteiger partial charge in [0.05, 0.1) is 16.0 Å². The second-order valence-electron chi connectivity index (χ2n) is 5.13. The Bertz CT molecular complexity index is 1030. The summed E-state index contributed by atoms with van der Waals surface area (Å²) in [5.74, 6) is -0.511. The highest BCUT2D eigenvalue weighted by molar-refractivity contribution is 8.01. The second kappa shape index (κ2) is 6.25. The molecule has 0 unspecified atom stereocenters. The number of nitrogens with two attached hydrogens (primary N) is 1. The fraction of sp³-hybridized carbons (Fsp3) is 0.200. The van der Waals surface area contributed by atoms with Gasteiger partial charge in [0, 0.05) is 14.1 Å². The largest absolute Gasteiger partial charge is 0.384 e. The Morgan fingerprint density at radius 3 is 2.67 bits per heavy atom. The third-order valence-corrected chi connectivity index (χ3v) is 5.77. The van der Waals surface area contributed by atoms with Crippen molar-refractivity contribution in [2.45, 2.75) is 4.34 Å². The third-order valence-electron chi connectivity index (χ3n) is 3.59. The summed E-state index contributed by atoms with van der Waals surface area (Å²) in [6.45, 7) is 0. The minimum Gasteiger partial charge on any atom is -0.384 e. The Morgan fingerprint density at radius 2 is 1.96 bits per heavy atom. The van der Waals surface area contributed by atoms with Gasteiger partial charge in [-0.05, 0) is 12.1 Å². The minimum absolute atomic E-state index is 0.0253. The van der Waals surface area contributed by atoms with Gasteiger partial charge < -0.3 is 5.73 Å². The molecular weight excluding hydrogens is 348 g/mol. The molecule has 0 aliphatic carbocycles. The highest BCUT2D eigenvalue weighted by Crippen LogP contribution is 2.29. The van der Waals surface area contributed by atoms with Crippen molar-refractivity contribution >= 4 is 44.9 Å². The van der Waals surface area contributed by atoms with Gasteiger partial charge in [-0.25, -0.2) is 9.78 Å². The normalized spacial score (nSPS) is 11.1. The summed E-state index contributed by atoms with van der Waals surface area (Å²) in [4.78, 5) is 40.8. The lowest BCUT2D eigenvalue weighted by Gasteiger charge is -2.10. The molecule has 0 aliphatic heterocycles. The van der Waals surface area contributed by atoms with E-state index < -0.39 is 17.0 Å². The van der Waals surface area contributed by atoms with Crippen molar-refractivity contribution in [1.82, 2.24) is 14.1 Å². The number of aromatic nitrogens is 3. The van der Waals surface area contributed by atoms with Crippen molar-refractivity contribution < 1.29 is 4.79 Å². The van der Waals surface area contributed by atoms with Gasteiger partial charge in [0.25, 0.3) is 5.56 Å². The summed E-state index contributed by atoms with van der Waals surface area (Å²) in [5.41, 5.74) is 5.26. The number of Topliss-reactive ketones (excluding diaryl/α,β-unsaturated/α-hetero) is 1. The van der Waals surface area contributed by atoms with E-state index in [1.165, 1.54) is 37.2 Å². The number of para-hydroxylation sites is 1. The quantitative estimate of drug-likeness (QED) is 0.554. The lowest BCUT2D eigenvalue weighted by Crippen LogP contribution is -2.41. The fourth-order valence-corrected chi connectivity index (χ4v) is 4.17. The monoisotopic (exact) mass is 362 g/mol. The van der Waals surface area contributed by atoms with Crippen molar-refractivity contribution in [3.8, 4) is 0 Å². The van der Waals surface area contributed by atoms with Crippen LogP contribution in [-0.2, 0) is 14.1 Å². The molecule has 0 saturated heterocycles. The molecule has 0 saturated carbocycles. The Labute approximate surface area is 144 Å². The molecule has 7 nitrogen and oxygen atoms in total. The molecule has 0 fully saturated rings. The minimum atomic E-state index is -0.675. The predicted octanol–water partition coefficient (Wildman–Crippen LogP) is 1.25. The van der Waals surface area contributed by atoms with Gasteiger partial charge >= 0.3 is 5.69 Å². The van der Waals surface area contributed by atoms with E-state index in [4.69, 9.17) is 5.73 Å². The number of hydrogen-bond donors (Lipinski definition) is 1. The van der Waals surface area contributed by atoms with E-state index in [1.807, 2.05) is 24.3 Å². The van der Waals surface area contributed by atoms with Crippen LogP contribution in [0.1, 0.15) is 10.4 Å². The highest BCUT2D eigenvalue weighted by atomic mass is 32.2. The van der Waals surface area contributed by atoms with E-state index in [-0.39, 0.29) is 17.1 Å². The molecule has 0 bridgehead atoms. The van der Waals surface area contributed by atoms with Gasteiger partial charge in [-0.15, -0.1) is 11.3 Å². The average molecular weight is 362 g/mol. The van der Waals surface area contributed by atoms with Crippen LogP contribution in [-0.4, -0.2) is 25.7 Å². The zero-order chi connectivity index (χ0) is 17.4. The van der Waals surface area contributed by atoms with Crippen molar-refractivity contribution in [3.05, 3.63) is 50.7 Å². The Balaban J connectivity index is 1.88. The molecule has 124 valence electrons. The second-order valence-corrected chi connectivity index (χ2v) is 7.38. The van der Waals surface area contributed by atoms with Crippen LogP contribution in [0, 0.1) is 0 Å². The van der Waals surface area contributed by atoms with E-state index in [9.17, 15) is 14.4 Å². The maximum Gasteiger partial charge on any atom is 0.332 e. The van der Waals surface area contributed by atoms with Gasteiger partial charge in [-0.2, -0.15) is 0 Å². The number of anilines is 1. The van der Waals surface area contributed by atoms with Gasteiger partial charge in [-0.1, -0.05) is 23.9 Å². The first-order chi connectivity index (χ1) is 11.4. The summed E-state index contributed by atoms with van der Waals surface area (Å²) < 4.78 is 3.75. The third kappa shape index (κ3) is 2.76. The zero-order valence-electron chi connectivity index (χ0n) is 13.0. The number of nitrogen functional groups attached to an aromatic ring is 1. The summed E-state index contributed by atoms with van der Waals surface area (Å²) in [7, 11) is 2.75. The van der Waals surface area contributed by atoms with Crippen molar-refractivity contribution in [1.29, 1.82) is 0 Å². The standard InChI is InChI=1S/C15H14N4O3S2/c1-18-12(16)11(13(21)19(2)15(18)22)9(20)7-23-14-17-8-5-3-4-6-10(8)24-14/h3-6H,7,16H2,1-2H3. The van der Waals surface area contributed by atoms with Crippen molar-refractivity contribution in [2.24, 2.45) is 14.1 Å². The first kappa shape index (κ1) is 16.5. The molecule has 1 aromatic carbocycles. The molecule has 2 N–H and O–H groups in total. The number of nitrogens with zero attached hydrogens (tertiary/aromatic N) is 3. The molecule has 2 heterocycles. The van der Waals surface area contributed by atoms with Gasteiger partial charge in [0.2, 0.25) is 0 Å². The molecule has 3 rings (SSSR count). The number of hydrogen-bond acceptors (Lipinski definition) is 7. The summed E-state index contributed by atoms with van der Waals surface area (Å²) in [6, 6.07) is 7.68. The van der Waals surface area contributed by atoms with Crippen molar-refractivity contribution in [2.75, 3.05) is 11.5 Å². The Morgan fingerprint density at radius 1 is 1.25 bits per heavy atom. The zero-order valence-corrected chi connectivity index (χ0v) is 14.6. The van der Waals surface area contributed by atoms with Crippen LogP contribution in [0.15, 0.2) is 38.2 Å². The van der Waals surface area contributed by atoms with E-state index in [0.29, 0.717) is 0 Å². The summed E-state index contributed by atoms with van der Waals surface area (Å²) in [5, 5.41) is 0. The van der Waals surface area contributed by atoms with Crippen LogP contribution in [0.25, 0.3) is 10.2 Å². The maximum atomic E-state index is 12.4. The van der Waals surface area contributed by atoms with E-state index >= 15 is 0 Å². The molecule has 9 heteroatoms. The number of thiazole rings is 1. The summed E-state index contributed by atoms with van der Waals surface area (Å²) >= 11 is 2.73. The number of carbonyl (C=O) groups is 1. The molecule has 0 aliphatic rings. The molecule has 24 heavy (non-hydrogen) atoms. The number of carbonyl (C=O) groups excluding carboxylic acids is 1. The molecule has 3 aromatic rings. The smallest absolute Gasteiger partial charge is 0.332 e. The highest BCUT2D eigenvalue weighted by Gasteiger charge is 2.20. The number of fused-ring (bicyclic) bond motifs is 1. The Hall–Kier alpha value is -2.39. The molecule has 0 radical (unpaired) electrons. The lowest BCUT2D eigenvalue weighted by molar-refractivity contribution is 0.102. The van der Waals surface area contributed by atoms with Crippen LogP contribution in [0.4, 0.5) is 5.82 Å². The maximum absolute atomic E-state index is 12.4. The number of benzene rings is 1. The fourth-order valence-electron chi connectivity index (χ4n) is 2.23. The molecule has 0 spiro atoms. The topological polar surface area (TPSA) is 100.0 Å².